The third kappa shape index (κ3) is 115. The number of hydrogen-bond donors (Lipinski definition) is 3. The molecule has 8 heteroatoms. The maximum Gasteiger partial charge on any atom is 1.00 e. The zero-order chi connectivity index (χ0) is 4.50. The van der Waals surface area contributed by atoms with Crippen LogP contribution < -0.4 is 29.6 Å². The molecule has 8 heavy (non-hydrogen) atoms. The predicted octanol–water partition coefficient (Wildman–Crippen LogP) is -3.66. The molecule has 0 rings (SSSR count). The average molecular weight is 190 g/mol. The van der Waals surface area contributed by atoms with Crippen LogP contribution in [0, 0.1) is 0 Å². The third-order valence-corrected chi connectivity index (χ3v) is 0. The normalized spacial score (nSPS) is 7.38. The van der Waals surface area contributed by atoms with Gasteiger partial charge in [-0.25, -0.2) is 4.57 Å². The van der Waals surface area contributed by atoms with Gasteiger partial charge in [-0.15, -0.1) is 0 Å². The summed E-state index contributed by atoms with van der Waals surface area (Å²) < 4.78 is 8.88. The van der Waals surface area contributed by atoms with E-state index in [2.05, 4.69) is 0 Å². The summed E-state index contributed by atoms with van der Waals surface area (Å²) in [5.74, 6) is 0. The molecule has 46 valence electrons. The van der Waals surface area contributed by atoms with Crippen LogP contribution in [0.1, 0.15) is 1.43 Å². The minimum atomic E-state index is -4.64. The molecular formula is H5FNaO4PTi. The van der Waals surface area contributed by atoms with Crippen LogP contribution in [0.3, 0.4) is 0 Å². The molecular weight excluding hydrogens is 185 g/mol. The van der Waals surface area contributed by atoms with Crippen molar-refractivity contribution in [1.82, 2.24) is 0 Å². The molecule has 0 atom stereocenters. The second-order valence-electron chi connectivity index (χ2n) is 0.513. The summed E-state index contributed by atoms with van der Waals surface area (Å²) in [6.45, 7) is 0. The summed E-state index contributed by atoms with van der Waals surface area (Å²) in [6.07, 6.45) is 0. The summed E-state index contributed by atoms with van der Waals surface area (Å²) in [7, 11) is -4.64. The van der Waals surface area contributed by atoms with Gasteiger partial charge in [0.05, 0.1) is 0 Å². The van der Waals surface area contributed by atoms with Crippen molar-refractivity contribution in [2.24, 2.45) is 0 Å². The van der Waals surface area contributed by atoms with E-state index in [0.717, 1.165) is 0 Å². The van der Waals surface area contributed by atoms with Gasteiger partial charge in [0.2, 0.25) is 0 Å². The fraction of sp³-hybridized carbons (Fsp3) is 0. The van der Waals surface area contributed by atoms with Gasteiger partial charge in [0.25, 0.3) is 0 Å². The number of hydrogen-bond acceptors (Lipinski definition) is 1. The molecule has 4 nitrogen and oxygen atoms in total. The van der Waals surface area contributed by atoms with Gasteiger partial charge >= 0.3 is 37.4 Å². The second kappa shape index (κ2) is 8.75. The van der Waals surface area contributed by atoms with Crippen LogP contribution in [0.25, 0.3) is 0 Å². The van der Waals surface area contributed by atoms with Crippen LogP contribution in [-0.4, -0.2) is 14.7 Å². The van der Waals surface area contributed by atoms with Gasteiger partial charge < -0.3 is 16.1 Å². The van der Waals surface area contributed by atoms with Gasteiger partial charge in [-0.3, -0.25) is 4.70 Å². The summed E-state index contributed by atoms with van der Waals surface area (Å²) >= 11 is 0. The Morgan fingerprint density at radius 3 is 1.25 bits per heavy atom. The Balaban J connectivity index is -0.0000000133. The SMILES string of the molecule is F.O=P(O)(O)O.[H-].[Na+].[Ti]. The molecule has 0 aromatic carbocycles. The van der Waals surface area contributed by atoms with Gasteiger partial charge in [0, 0.05) is 21.7 Å². The van der Waals surface area contributed by atoms with E-state index in [4.69, 9.17) is 19.2 Å². The molecule has 0 aromatic rings. The van der Waals surface area contributed by atoms with Crippen molar-refractivity contribution in [3.05, 3.63) is 0 Å². The topological polar surface area (TPSA) is 77.8 Å². The number of rotatable bonds is 0. The van der Waals surface area contributed by atoms with Gasteiger partial charge in [-0.1, -0.05) is 0 Å². The van der Waals surface area contributed by atoms with E-state index < -0.39 is 7.82 Å². The van der Waals surface area contributed by atoms with Crippen molar-refractivity contribution in [1.29, 1.82) is 0 Å². The summed E-state index contributed by atoms with van der Waals surface area (Å²) in [6, 6.07) is 0. The van der Waals surface area contributed by atoms with E-state index in [1.165, 1.54) is 0 Å². The van der Waals surface area contributed by atoms with Gasteiger partial charge in [0.15, 0.2) is 0 Å². The Morgan fingerprint density at radius 2 is 1.25 bits per heavy atom. The van der Waals surface area contributed by atoms with Gasteiger partial charge in [0.1, 0.15) is 0 Å². The van der Waals surface area contributed by atoms with E-state index in [0.29, 0.717) is 0 Å². The first-order valence-electron chi connectivity index (χ1n) is 0.783. The van der Waals surface area contributed by atoms with Crippen molar-refractivity contribution in [3.63, 3.8) is 0 Å². The molecule has 0 radical (unpaired) electrons. The molecule has 0 bridgehead atoms. The fourth-order valence-electron chi connectivity index (χ4n) is 0. The smallest absolute Gasteiger partial charge is 1.00 e. The molecule has 0 amide bonds. The Hall–Kier alpha value is 1.75. The van der Waals surface area contributed by atoms with Crippen LogP contribution in [0.4, 0.5) is 4.70 Å². The fourth-order valence-corrected chi connectivity index (χ4v) is 0. The average Bonchev–Trinajstić information content (AvgIpc) is 0.722. The minimum absolute atomic E-state index is 0. The Morgan fingerprint density at radius 1 is 1.25 bits per heavy atom. The minimum Gasteiger partial charge on any atom is -1.00 e. The first-order chi connectivity index (χ1) is 2.00. The van der Waals surface area contributed by atoms with Crippen molar-refractivity contribution < 1.29 is 76.7 Å². The third-order valence-electron chi connectivity index (χ3n) is 0. The molecule has 0 spiro atoms. The van der Waals surface area contributed by atoms with E-state index in [-0.39, 0.29) is 57.4 Å². The first-order valence-corrected chi connectivity index (χ1v) is 2.35. The molecule has 0 aliphatic carbocycles. The molecule has 0 saturated carbocycles. The molecule has 0 unspecified atom stereocenters. The van der Waals surface area contributed by atoms with E-state index in [1.54, 1.807) is 0 Å². The van der Waals surface area contributed by atoms with Crippen LogP contribution >= 0.6 is 7.82 Å². The van der Waals surface area contributed by atoms with Crippen molar-refractivity contribution in [2.75, 3.05) is 0 Å². The van der Waals surface area contributed by atoms with Crippen molar-refractivity contribution in [2.45, 2.75) is 0 Å². The van der Waals surface area contributed by atoms with Crippen LogP contribution in [0.5, 0.6) is 0 Å². The molecule has 3 N–H and O–H groups in total. The molecule has 0 aliphatic rings. The molecule has 0 saturated heterocycles. The van der Waals surface area contributed by atoms with Gasteiger partial charge in [-0.05, 0) is 0 Å². The quantitative estimate of drug-likeness (QED) is 0.271. The monoisotopic (exact) mass is 190 g/mol. The van der Waals surface area contributed by atoms with Crippen molar-refractivity contribution in [3.8, 4) is 0 Å². The Labute approximate surface area is 83.9 Å². The summed E-state index contributed by atoms with van der Waals surface area (Å²) in [5, 5.41) is 0. The molecule has 0 aliphatic heterocycles. The van der Waals surface area contributed by atoms with Crippen molar-refractivity contribution >= 4 is 7.82 Å². The Bertz CT molecular complexity index is 66.7. The van der Waals surface area contributed by atoms with Crippen LogP contribution in [-0.2, 0) is 26.3 Å². The van der Waals surface area contributed by atoms with Crippen LogP contribution in [0.2, 0.25) is 0 Å². The maximum atomic E-state index is 8.88. The zero-order valence-corrected chi connectivity index (χ0v) is 8.56. The maximum absolute atomic E-state index is 8.88. The second-order valence-corrected chi connectivity index (χ2v) is 1.54. The largest absolute Gasteiger partial charge is 1.00 e. The molecule has 0 aromatic heterocycles. The molecule has 0 fully saturated rings. The predicted molar refractivity (Wildman–Crippen MR) is 17.9 cm³/mol. The summed E-state index contributed by atoms with van der Waals surface area (Å²) in [5.41, 5.74) is 0. The van der Waals surface area contributed by atoms with E-state index >= 15 is 0 Å². The zero-order valence-electron chi connectivity index (χ0n) is 5.11. The van der Waals surface area contributed by atoms with E-state index in [9.17, 15) is 0 Å². The van der Waals surface area contributed by atoms with E-state index in [1.807, 2.05) is 0 Å². The number of phosphoric acid groups is 1. The first kappa shape index (κ1) is 22.6. The molecule has 0 heterocycles. The standard InChI is InChI=1S/FH.Na.H3O4P.Ti.H/c;;1-5(2,3)4;;/h1H;;(H3,1,2,3,4);;/q;+1;;;-1. The van der Waals surface area contributed by atoms with Crippen LogP contribution in [0.15, 0.2) is 0 Å². The summed E-state index contributed by atoms with van der Waals surface area (Å²) in [4.78, 5) is 21.6. The van der Waals surface area contributed by atoms with Gasteiger partial charge in [-0.2, -0.15) is 0 Å². The number of halogens is 1. The Kier molecular flexibility index (Phi) is 24.7.